The quantitative estimate of drug-likeness (QED) is 0.590. The summed E-state index contributed by atoms with van der Waals surface area (Å²) in [6.45, 7) is 1.82. The van der Waals surface area contributed by atoms with Crippen LogP contribution in [0, 0.1) is 21.8 Å². The first-order valence-corrected chi connectivity index (χ1v) is 4.97. The molecule has 0 N–H and O–H groups in total. The predicted octanol–water partition coefficient (Wildman–Crippen LogP) is 2.26. The number of nitrogens with zero attached hydrogens (tertiary/aromatic N) is 1. The Hall–Kier alpha value is -1.09. The second kappa shape index (κ2) is 4.42. The van der Waals surface area contributed by atoms with Crippen molar-refractivity contribution in [3.63, 3.8) is 0 Å². The average Bonchev–Trinajstić information content (AvgIpc) is 2.18. The summed E-state index contributed by atoms with van der Waals surface area (Å²) >= 11 is 1.98. The van der Waals surface area contributed by atoms with Crippen LogP contribution in [0.25, 0.3) is 0 Å². The van der Waals surface area contributed by atoms with Gasteiger partial charge in [-0.05, 0) is 41.1 Å². The van der Waals surface area contributed by atoms with Gasteiger partial charge < -0.3 is 4.74 Å². The molecule has 1 aromatic carbocycles. The lowest BCUT2D eigenvalue weighted by Crippen LogP contribution is -2.07. The standard InChI is InChI=1S/C10H8INO2/c1-6-3-4-7(5-12)9(11)8(6)10(13)14-2/h3-4H,1-2H3. The highest BCUT2D eigenvalue weighted by Gasteiger charge is 2.16. The summed E-state index contributed by atoms with van der Waals surface area (Å²) in [6, 6.07) is 5.47. The minimum atomic E-state index is -0.399. The lowest BCUT2D eigenvalue weighted by atomic mass is 10.1. The zero-order valence-corrected chi connectivity index (χ0v) is 9.95. The summed E-state index contributed by atoms with van der Waals surface area (Å²) in [5.41, 5.74) is 1.80. The smallest absolute Gasteiger partial charge is 0.339 e. The number of hydrogen-bond acceptors (Lipinski definition) is 3. The Morgan fingerprint density at radius 1 is 1.57 bits per heavy atom. The number of rotatable bonds is 1. The molecule has 1 rings (SSSR count). The average molecular weight is 301 g/mol. The molecule has 1 aromatic rings. The number of methoxy groups -OCH3 is 1. The summed E-state index contributed by atoms with van der Waals surface area (Å²) in [5, 5.41) is 8.78. The first-order valence-electron chi connectivity index (χ1n) is 3.89. The third-order valence-corrected chi connectivity index (χ3v) is 2.98. The first-order chi connectivity index (χ1) is 6.61. The second-order valence-electron chi connectivity index (χ2n) is 2.72. The van der Waals surface area contributed by atoms with Crippen molar-refractivity contribution >= 4 is 28.6 Å². The Bertz CT molecular complexity index is 421. The molecule has 0 spiro atoms. The van der Waals surface area contributed by atoms with E-state index < -0.39 is 5.97 Å². The van der Waals surface area contributed by atoms with E-state index in [0.29, 0.717) is 14.7 Å². The van der Waals surface area contributed by atoms with Gasteiger partial charge in [-0.1, -0.05) is 6.07 Å². The van der Waals surface area contributed by atoms with E-state index >= 15 is 0 Å². The largest absolute Gasteiger partial charge is 0.465 e. The van der Waals surface area contributed by atoms with Crippen LogP contribution in [0.5, 0.6) is 0 Å². The SMILES string of the molecule is COC(=O)c1c(C)ccc(C#N)c1I. The van der Waals surface area contributed by atoms with Crippen molar-refractivity contribution in [2.24, 2.45) is 0 Å². The number of halogens is 1. The van der Waals surface area contributed by atoms with Gasteiger partial charge in [0.15, 0.2) is 0 Å². The molecule has 0 unspecified atom stereocenters. The fourth-order valence-electron chi connectivity index (χ4n) is 1.11. The van der Waals surface area contributed by atoms with Gasteiger partial charge in [-0.3, -0.25) is 0 Å². The van der Waals surface area contributed by atoms with E-state index in [1.54, 1.807) is 12.1 Å². The summed E-state index contributed by atoms with van der Waals surface area (Å²) in [6.07, 6.45) is 0. The van der Waals surface area contributed by atoms with E-state index in [-0.39, 0.29) is 0 Å². The summed E-state index contributed by atoms with van der Waals surface area (Å²) in [4.78, 5) is 11.4. The van der Waals surface area contributed by atoms with Gasteiger partial charge in [0.05, 0.1) is 18.2 Å². The number of carbonyl (C=O) groups is 1. The first kappa shape index (κ1) is 11.0. The van der Waals surface area contributed by atoms with Crippen LogP contribution in [0.1, 0.15) is 21.5 Å². The molecule has 0 atom stereocenters. The fraction of sp³-hybridized carbons (Fsp3) is 0.200. The van der Waals surface area contributed by atoms with Crippen LogP contribution in [-0.4, -0.2) is 13.1 Å². The van der Waals surface area contributed by atoms with Crippen LogP contribution in [0.2, 0.25) is 0 Å². The van der Waals surface area contributed by atoms with E-state index in [0.717, 1.165) is 5.56 Å². The highest BCUT2D eigenvalue weighted by atomic mass is 127. The normalized spacial score (nSPS) is 9.29. The van der Waals surface area contributed by atoms with Crippen LogP contribution in [0.4, 0.5) is 0 Å². The van der Waals surface area contributed by atoms with E-state index in [2.05, 4.69) is 4.74 Å². The van der Waals surface area contributed by atoms with Gasteiger partial charge in [0.2, 0.25) is 0 Å². The maximum absolute atomic E-state index is 11.4. The van der Waals surface area contributed by atoms with E-state index in [9.17, 15) is 4.79 Å². The van der Waals surface area contributed by atoms with Gasteiger partial charge in [0.25, 0.3) is 0 Å². The van der Waals surface area contributed by atoms with Crippen molar-refractivity contribution in [3.8, 4) is 6.07 Å². The summed E-state index contributed by atoms with van der Waals surface area (Å²) in [7, 11) is 1.33. The number of benzene rings is 1. The number of ether oxygens (including phenoxy) is 1. The highest BCUT2D eigenvalue weighted by molar-refractivity contribution is 14.1. The Morgan fingerprint density at radius 2 is 2.21 bits per heavy atom. The molecule has 0 fully saturated rings. The molecule has 0 radical (unpaired) electrons. The molecule has 0 bridgehead atoms. The maximum atomic E-state index is 11.4. The Labute approximate surface area is 95.8 Å². The monoisotopic (exact) mass is 301 g/mol. The van der Waals surface area contributed by atoms with Crippen molar-refractivity contribution in [2.45, 2.75) is 6.92 Å². The predicted molar refractivity (Wildman–Crippen MR) is 60.0 cm³/mol. The van der Waals surface area contributed by atoms with Gasteiger partial charge in [-0.2, -0.15) is 5.26 Å². The van der Waals surface area contributed by atoms with Crippen LogP contribution in [0.15, 0.2) is 12.1 Å². The van der Waals surface area contributed by atoms with Crippen molar-refractivity contribution in [1.29, 1.82) is 5.26 Å². The summed E-state index contributed by atoms with van der Waals surface area (Å²) < 4.78 is 5.29. The fourth-order valence-corrected chi connectivity index (χ4v) is 2.06. The molecule has 0 heterocycles. The molecule has 0 aliphatic carbocycles. The van der Waals surface area contributed by atoms with Gasteiger partial charge in [0.1, 0.15) is 6.07 Å². The maximum Gasteiger partial charge on any atom is 0.339 e. The van der Waals surface area contributed by atoms with Crippen LogP contribution in [0.3, 0.4) is 0 Å². The Balaban J connectivity index is 3.42. The van der Waals surface area contributed by atoms with Gasteiger partial charge in [-0.15, -0.1) is 0 Å². The van der Waals surface area contributed by atoms with E-state index in [1.807, 2.05) is 35.6 Å². The van der Waals surface area contributed by atoms with Crippen LogP contribution in [-0.2, 0) is 4.74 Å². The molecule has 0 aliphatic rings. The molecule has 0 saturated heterocycles. The minimum Gasteiger partial charge on any atom is -0.465 e. The van der Waals surface area contributed by atoms with Crippen molar-refractivity contribution in [1.82, 2.24) is 0 Å². The Kier molecular flexibility index (Phi) is 3.47. The zero-order chi connectivity index (χ0) is 10.7. The molecule has 0 amide bonds. The third-order valence-electron chi connectivity index (χ3n) is 1.86. The summed E-state index contributed by atoms with van der Waals surface area (Å²) in [5.74, 6) is -0.399. The Morgan fingerprint density at radius 3 is 2.71 bits per heavy atom. The number of hydrogen-bond donors (Lipinski definition) is 0. The molecule has 14 heavy (non-hydrogen) atoms. The van der Waals surface area contributed by atoms with Crippen LogP contribution < -0.4 is 0 Å². The minimum absolute atomic E-state index is 0.399. The molecule has 0 aromatic heterocycles. The van der Waals surface area contributed by atoms with Crippen molar-refractivity contribution in [3.05, 3.63) is 32.4 Å². The second-order valence-corrected chi connectivity index (χ2v) is 3.80. The van der Waals surface area contributed by atoms with Gasteiger partial charge in [-0.25, -0.2) is 4.79 Å². The molecular formula is C10H8INO2. The topological polar surface area (TPSA) is 50.1 Å². The van der Waals surface area contributed by atoms with Crippen molar-refractivity contribution in [2.75, 3.05) is 7.11 Å². The van der Waals surface area contributed by atoms with Gasteiger partial charge >= 0.3 is 5.97 Å². The molecule has 72 valence electrons. The lowest BCUT2D eigenvalue weighted by molar-refractivity contribution is 0.0598. The molecule has 0 saturated carbocycles. The number of esters is 1. The molecule has 3 nitrogen and oxygen atoms in total. The number of nitriles is 1. The molecule has 0 aliphatic heterocycles. The number of carbonyl (C=O) groups excluding carboxylic acids is 1. The highest BCUT2D eigenvalue weighted by Crippen LogP contribution is 2.21. The van der Waals surface area contributed by atoms with E-state index in [4.69, 9.17) is 5.26 Å². The lowest BCUT2D eigenvalue weighted by Gasteiger charge is -2.06. The molecular weight excluding hydrogens is 293 g/mol. The van der Waals surface area contributed by atoms with Crippen molar-refractivity contribution < 1.29 is 9.53 Å². The van der Waals surface area contributed by atoms with Gasteiger partial charge in [0, 0.05) is 3.57 Å². The van der Waals surface area contributed by atoms with Crippen LogP contribution >= 0.6 is 22.6 Å². The third kappa shape index (κ3) is 1.87. The molecule has 4 heteroatoms. The number of aryl methyl sites for hydroxylation is 1. The zero-order valence-electron chi connectivity index (χ0n) is 7.80. The van der Waals surface area contributed by atoms with E-state index in [1.165, 1.54) is 7.11 Å².